The molecule has 1 atom stereocenters. The van der Waals surface area contributed by atoms with Crippen molar-refractivity contribution in [3.63, 3.8) is 0 Å². The Balaban J connectivity index is 1.71. The number of morpholine rings is 1. The summed E-state index contributed by atoms with van der Waals surface area (Å²) in [5.41, 5.74) is 1.39. The van der Waals surface area contributed by atoms with Crippen molar-refractivity contribution in [2.75, 3.05) is 20.3 Å². The zero-order valence-corrected chi connectivity index (χ0v) is 16.5. The molecule has 1 fully saturated rings. The molecule has 4 nitrogen and oxygen atoms in total. The smallest absolute Gasteiger partial charge is 0.252 e. The Bertz CT molecular complexity index is 777. The molecule has 1 aliphatic rings. The lowest BCUT2D eigenvalue weighted by atomic mass is 10.0. The zero-order chi connectivity index (χ0) is 18.7. The summed E-state index contributed by atoms with van der Waals surface area (Å²) >= 11 is 9.15. The van der Waals surface area contributed by atoms with Crippen molar-refractivity contribution < 1.29 is 18.7 Å². The SMILES string of the molecule is COc1ccc(CN2CCOC(Cc3c(F)cc(Cl)cc3Br)C2=O)cc1. The van der Waals surface area contributed by atoms with Crippen LogP contribution in [0, 0.1) is 5.82 Å². The zero-order valence-electron chi connectivity index (χ0n) is 14.2. The summed E-state index contributed by atoms with van der Waals surface area (Å²) in [7, 11) is 1.61. The van der Waals surface area contributed by atoms with Crippen molar-refractivity contribution in [3.8, 4) is 5.75 Å². The first-order valence-electron chi connectivity index (χ1n) is 8.14. The van der Waals surface area contributed by atoms with Crippen molar-refractivity contribution in [3.05, 3.63) is 62.8 Å². The minimum atomic E-state index is -0.714. The van der Waals surface area contributed by atoms with Crippen LogP contribution < -0.4 is 4.74 Å². The Labute approximate surface area is 165 Å². The minimum absolute atomic E-state index is 0.145. The number of hydrogen-bond acceptors (Lipinski definition) is 3. The summed E-state index contributed by atoms with van der Waals surface area (Å²) in [4.78, 5) is 14.5. The summed E-state index contributed by atoms with van der Waals surface area (Å²) in [6, 6.07) is 10.4. The third-order valence-corrected chi connectivity index (χ3v) is 5.22. The molecule has 1 amide bonds. The van der Waals surface area contributed by atoms with Gasteiger partial charge in [0, 0.05) is 34.6 Å². The fourth-order valence-corrected chi connectivity index (χ4v) is 3.83. The molecule has 1 saturated heterocycles. The van der Waals surface area contributed by atoms with Gasteiger partial charge in [0.2, 0.25) is 0 Å². The minimum Gasteiger partial charge on any atom is -0.497 e. The number of carbonyl (C=O) groups is 1. The number of halogens is 3. The summed E-state index contributed by atoms with van der Waals surface area (Å²) < 4.78 is 25.5. The van der Waals surface area contributed by atoms with Crippen LogP contribution in [-0.2, 0) is 22.5 Å². The lowest BCUT2D eigenvalue weighted by molar-refractivity contribution is -0.153. The van der Waals surface area contributed by atoms with Crippen LogP contribution in [0.4, 0.5) is 4.39 Å². The van der Waals surface area contributed by atoms with Gasteiger partial charge in [-0.3, -0.25) is 4.79 Å². The van der Waals surface area contributed by atoms with Gasteiger partial charge in [-0.05, 0) is 29.8 Å². The van der Waals surface area contributed by atoms with Crippen molar-refractivity contribution in [2.45, 2.75) is 19.1 Å². The highest BCUT2D eigenvalue weighted by Crippen LogP contribution is 2.27. The monoisotopic (exact) mass is 441 g/mol. The van der Waals surface area contributed by atoms with Gasteiger partial charge in [-0.2, -0.15) is 0 Å². The summed E-state index contributed by atoms with van der Waals surface area (Å²) in [6.07, 6.45) is -0.560. The highest BCUT2D eigenvalue weighted by molar-refractivity contribution is 9.10. The lowest BCUT2D eigenvalue weighted by Crippen LogP contribution is -2.48. The second kappa shape index (κ2) is 8.37. The number of nitrogens with zero attached hydrogens (tertiary/aromatic N) is 1. The Morgan fingerprint density at radius 2 is 2.08 bits per heavy atom. The van der Waals surface area contributed by atoms with Crippen LogP contribution in [0.3, 0.4) is 0 Å². The highest BCUT2D eigenvalue weighted by Gasteiger charge is 2.31. The normalized spacial score (nSPS) is 17.5. The quantitative estimate of drug-likeness (QED) is 0.696. The molecule has 0 bridgehead atoms. The molecule has 2 aromatic carbocycles. The fourth-order valence-electron chi connectivity index (χ4n) is 2.90. The molecule has 0 saturated carbocycles. The second-order valence-corrected chi connectivity index (χ2v) is 7.31. The first-order valence-corrected chi connectivity index (χ1v) is 9.31. The van der Waals surface area contributed by atoms with Gasteiger partial charge in [0.05, 0.1) is 13.7 Å². The molecule has 0 aromatic heterocycles. The van der Waals surface area contributed by atoms with Gasteiger partial charge in [0.15, 0.2) is 0 Å². The predicted molar refractivity (Wildman–Crippen MR) is 101 cm³/mol. The average Bonchev–Trinajstić information content (AvgIpc) is 2.61. The van der Waals surface area contributed by atoms with Crippen molar-refractivity contribution in [2.24, 2.45) is 0 Å². The molecule has 0 radical (unpaired) electrons. The molecule has 2 aromatic rings. The van der Waals surface area contributed by atoms with Gasteiger partial charge >= 0.3 is 0 Å². The summed E-state index contributed by atoms with van der Waals surface area (Å²) in [6.45, 7) is 1.40. The molecule has 0 aliphatic carbocycles. The van der Waals surface area contributed by atoms with E-state index < -0.39 is 11.9 Å². The molecule has 1 unspecified atom stereocenters. The Hall–Kier alpha value is -1.63. The van der Waals surface area contributed by atoms with Crippen LogP contribution in [0.2, 0.25) is 5.02 Å². The standard InChI is InChI=1S/C19H18BrClFNO3/c1-25-14-4-2-12(3-5-14)11-23-6-7-26-18(19(23)24)10-15-16(20)8-13(21)9-17(15)22/h2-5,8-9,18H,6-7,10-11H2,1H3. The van der Waals surface area contributed by atoms with Crippen LogP contribution in [-0.4, -0.2) is 37.2 Å². The Morgan fingerprint density at radius 1 is 1.35 bits per heavy atom. The van der Waals surface area contributed by atoms with Crippen LogP contribution in [0.5, 0.6) is 5.75 Å². The number of rotatable bonds is 5. The summed E-state index contributed by atoms with van der Waals surface area (Å²) in [5.74, 6) is 0.171. The van der Waals surface area contributed by atoms with Gasteiger partial charge in [-0.25, -0.2) is 4.39 Å². The lowest BCUT2D eigenvalue weighted by Gasteiger charge is -2.32. The molecule has 1 aliphatic heterocycles. The van der Waals surface area contributed by atoms with Gasteiger partial charge in [0.25, 0.3) is 5.91 Å². The van der Waals surface area contributed by atoms with E-state index >= 15 is 0 Å². The van der Waals surface area contributed by atoms with E-state index in [0.717, 1.165) is 11.3 Å². The molecule has 138 valence electrons. The molecule has 0 spiro atoms. The second-order valence-electron chi connectivity index (χ2n) is 6.02. The van der Waals surface area contributed by atoms with E-state index in [9.17, 15) is 9.18 Å². The van der Waals surface area contributed by atoms with E-state index in [-0.39, 0.29) is 12.3 Å². The Kier molecular flexibility index (Phi) is 6.16. The van der Waals surface area contributed by atoms with Crippen molar-refractivity contribution >= 4 is 33.4 Å². The third kappa shape index (κ3) is 4.37. The van der Waals surface area contributed by atoms with Crippen molar-refractivity contribution in [1.29, 1.82) is 0 Å². The maximum absolute atomic E-state index is 14.2. The molecule has 1 heterocycles. The maximum atomic E-state index is 14.2. The van der Waals surface area contributed by atoms with Crippen LogP contribution in [0.25, 0.3) is 0 Å². The van der Waals surface area contributed by atoms with E-state index in [1.807, 2.05) is 24.3 Å². The molecule has 26 heavy (non-hydrogen) atoms. The molecule has 7 heteroatoms. The number of ether oxygens (including phenoxy) is 2. The molecule has 3 rings (SSSR count). The van der Waals surface area contributed by atoms with E-state index in [4.69, 9.17) is 21.1 Å². The number of benzene rings is 2. The predicted octanol–water partition coefficient (Wildman–Crippen LogP) is 4.22. The highest BCUT2D eigenvalue weighted by atomic mass is 79.9. The third-order valence-electron chi connectivity index (χ3n) is 4.30. The maximum Gasteiger partial charge on any atom is 0.252 e. The topological polar surface area (TPSA) is 38.8 Å². The first kappa shape index (κ1) is 19.1. The molecule has 0 N–H and O–H groups in total. The number of methoxy groups -OCH3 is 1. The summed E-state index contributed by atoms with van der Waals surface area (Å²) in [5, 5.41) is 0.301. The average molecular weight is 443 g/mol. The van der Waals surface area contributed by atoms with Gasteiger partial charge in [-0.1, -0.05) is 39.7 Å². The largest absolute Gasteiger partial charge is 0.497 e. The van der Waals surface area contributed by atoms with E-state index in [1.165, 1.54) is 6.07 Å². The van der Waals surface area contributed by atoms with Crippen LogP contribution in [0.1, 0.15) is 11.1 Å². The molecular formula is C19H18BrClFNO3. The van der Waals surface area contributed by atoms with E-state index in [0.29, 0.717) is 34.8 Å². The van der Waals surface area contributed by atoms with E-state index in [1.54, 1.807) is 18.1 Å². The van der Waals surface area contributed by atoms with Gasteiger partial charge in [0.1, 0.15) is 17.7 Å². The number of hydrogen-bond donors (Lipinski definition) is 0. The van der Waals surface area contributed by atoms with Crippen LogP contribution >= 0.6 is 27.5 Å². The van der Waals surface area contributed by atoms with E-state index in [2.05, 4.69) is 15.9 Å². The Morgan fingerprint density at radius 3 is 2.73 bits per heavy atom. The number of amides is 1. The van der Waals surface area contributed by atoms with Crippen molar-refractivity contribution in [1.82, 2.24) is 4.90 Å². The van der Waals surface area contributed by atoms with Gasteiger partial charge < -0.3 is 14.4 Å². The number of carbonyl (C=O) groups excluding carboxylic acids is 1. The first-order chi connectivity index (χ1) is 12.5. The van der Waals surface area contributed by atoms with Crippen LogP contribution in [0.15, 0.2) is 40.9 Å². The molecular weight excluding hydrogens is 425 g/mol. The van der Waals surface area contributed by atoms with Gasteiger partial charge in [-0.15, -0.1) is 0 Å². The fraction of sp³-hybridized carbons (Fsp3) is 0.316.